The third-order valence-corrected chi connectivity index (χ3v) is 5.01. The number of nitrogens with zero attached hydrogens (tertiary/aromatic N) is 1. The zero-order chi connectivity index (χ0) is 25.1. The number of methoxy groups -OCH3 is 1. The maximum absolute atomic E-state index is 12.4. The number of alkyl carbamates (subject to hydrolysis) is 2. The molecule has 0 radical (unpaired) electrons. The Morgan fingerprint density at radius 1 is 1.15 bits per heavy atom. The molecule has 0 saturated heterocycles. The molecule has 2 amide bonds. The number of hydrogen-bond acceptors (Lipinski definition) is 7. The number of thiocarbonyl (C=S) groups is 1. The fraction of sp³-hybridized carbons (Fsp3) is 0.565. The molecule has 0 spiro atoms. The number of esters is 1. The van der Waals surface area contributed by atoms with Crippen molar-refractivity contribution in [2.75, 3.05) is 26.7 Å². The summed E-state index contributed by atoms with van der Waals surface area (Å²) in [5, 5.41) is 8.84. The van der Waals surface area contributed by atoms with Crippen LogP contribution in [0, 0.1) is 0 Å². The molecule has 11 heteroatoms. The van der Waals surface area contributed by atoms with Gasteiger partial charge in [0.05, 0.1) is 13.7 Å². The molecule has 2 rings (SSSR count). The van der Waals surface area contributed by atoms with Crippen LogP contribution in [-0.4, -0.2) is 72.6 Å². The van der Waals surface area contributed by atoms with Crippen LogP contribution in [-0.2, 0) is 25.6 Å². The highest BCUT2D eigenvalue weighted by atomic mass is 32.1. The van der Waals surface area contributed by atoms with Gasteiger partial charge in [-0.15, -0.1) is 0 Å². The van der Waals surface area contributed by atoms with Gasteiger partial charge in [-0.25, -0.2) is 14.4 Å². The summed E-state index contributed by atoms with van der Waals surface area (Å²) in [7, 11) is 1.24. The van der Waals surface area contributed by atoms with Gasteiger partial charge in [0, 0.05) is 19.1 Å². The van der Waals surface area contributed by atoms with Crippen LogP contribution >= 0.6 is 12.2 Å². The number of rotatable bonds is 10. The second-order valence-corrected chi connectivity index (χ2v) is 9.27. The first kappa shape index (κ1) is 27.2. The SMILES string of the molecule is COC(=O)[C@H](CN(CCNC(=O)OC(C)(C)C)C(=S)NC1CC1)NC(=O)OCc1ccccc1. The molecule has 0 unspecified atom stereocenters. The summed E-state index contributed by atoms with van der Waals surface area (Å²) in [6.07, 6.45) is 0.705. The number of benzene rings is 1. The highest BCUT2D eigenvalue weighted by Gasteiger charge is 2.29. The van der Waals surface area contributed by atoms with Crippen LogP contribution in [0.25, 0.3) is 0 Å². The van der Waals surface area contributed by atoms with Gasteiger partial charge in [-0.2, -0.15) is 0 Å². The normalized spacial score (nSPS) is 13.8. The van der Waals surface area contributed by atoms with Gasteiger partial charge in [-0.3, -0.25) is 0 Å². The number of hydrogen-bond donors (Lipinski definition) is 3. The van der Waals surface area contributed by atoms with Crippen LogP contribution in [0.1, 0.15) is 39.2 Å². The van der Waals surface area contributed by atoms with Crippen molar-refractivity contribution in [1.29, 1.82) is 0 Å². The van der Waals surface area contributed by atoms with Crippen molar-refractivity contribution in [3.8, 4) is 0 Å². The molecule has 1 aromatic carbocycles. The number of ether oxygens (including phenoxy) is 3. The lowest BCUT2D eigenvalue weighted by Gasteiger charge is -2.29. The second-order valence-electron chi connectivity index (χ2n) is 8.88. The minimum Gasteiger partial charge on any atom is -0.467 e. The van der Waals surface area contributed by atoms with Crippen LogP contribution in [0.2, 0.25) is 0 Å². The summed E-state index contributed by atoms with van der Waals surface area (Å²) in [4.78, 5) is 38.4. The standard InChI is InChI=1S/C23H34N4O6S/c1-23(2,3)33-21(29)24-12-13-27(20(34)25-17-10-11-17)14-18(19(28)31-4)26-22(30)32-15-16-8-6-5-7-9-16/h5-9,17-18H,10-15H2,1-4H3,(H,24,29)(H,25,34)(H,26,30)/t18-/m0/s1. The second kappa shape index (κ2) is 13.0. The van der Waals surface area contributed by atoms with Gasteiger partial charge in [-0.05, 0) is 51.4 Å². The first-order chi connectivity index (χ1) is 16.1. The molecule has 3 N–H and O–H groups in total. The van der Waals surface area contributed by atoms with Crippen molar-refractivity contribution < 1.29 is 28.6 Å². The highest BCUT2D eigenvalue weighted by Crippen LogP contribution is 2.19. The van der Waals surface area contributed by atoms with Crippen molar-refractivity contribution >= 4 is 35.5 Å². The summed E-state index contributed by atoms with van der Waals surface area (Å²) in [5.74, 6) is -0.643. The number of amides is 2. The minimum absolute atomic E-state index is 0.0294. The fourth-order valence-electron chi connectivity index (χ4n) is 2.83. The predicted octanol–water partition coefficient (Wildman–Crippen LogP) is 2.32. The van der Waals surface area contributed by atoms with Gasteiger partial charge in [0.15, 0.2) is 5.11 Å². The molecule has 1 aliphatic rings. The Morgan fingerprint density at radius 3 is 2.41 bits per heavy atom. The molecule has 188 valence electrons. The predicted molar refractivity (Wildman–Crippen MR) is 130 cm³/mol. The Hall–Kier alpha value is -3.08. The van der Waals surface area contributed by atoms with E-state index in [1.165, 1.54) is 7.11 Å². The third kappa shape index (κ3) is 10.7. The van der Waals surface area contributed by atoms with E-state index in [2.05, 4.69) is 16.0 Å². The van der Waals surface area contributed by atoms with E-state index in [-0.39, 0.29) is 32.3 Å². The summed E-state index contributed by atoms with van der Waals surface area (Å²) in [6, 6.07) is 8.44. The average Bonchev–Trinajstić information content (AvgIpc) is 3.59. The first-order valence-electron chi connectivity index (χ1n) is 11.1. The van der Waals surface area contributed by atoms with Crippen LogP contribution in [0.3, 0.4) is 0 Å². The third-order valence-electron chi connectivity index (χ3n) is 4.64. The number of carbonyl (C=O) groups is 3. The zero-order valence-electron chi connectivity index (χ0n) is 20.1. The molecular formula is C23H34N4O6S. The van der Waals surface area contributed by atoms with Crippen molar-refractivity contribution in [2.24, 2.45) is 0 Å². The van der Waals surface area contributed by atoms with E-state index in [0.29, 0.717) is 5.11 Å². The molecule has 0 heterocycles. The maximum atomic E-state index is 12.4. The number of nitrogens with one attached hydrogen (secondary N) is 3. The van der Waals surface area contributed by atoms with E-state index in [0.717, 1.165) is 18.4 Å². The van der Waals surface area contributed by atoms with Gasteiger partial charge in [0.1, 0.15) is 18.2 Å². The Labute approximate surface area is 205 Å². The van der Waals surface area contributed by atoms with E-state index in [9.17, 15) is 14.4 Å². The molecule has 1 saturated carbocycles. The zero-order valence-corrected chi connectivity index (χ0v) is 20.9. The minimum atomic E-state index is -1.03. The van der Waals surface area contributed by atoms with E-state index >= 15 is 0 Å². The van der Waals surface area contributed by atoms with E-state index < -0.39 is 29.8 Å². The van der Waals surface area contributed by atoms with Crippen molar-refractivity contribution in [1.82, 2.24) is 20.9 Å². The van der Waals surface area contributed by atoms with Crippen LogP contribution < -0.4 is 16.0 Å². The molecule has 1 atom stereocenters. The Kier molecular flexibility index (Phi) is 10.4. The maximum Gasteiger partial charge on any atom is 0.408 e. The summed E-state index contributed by atoms with van der Waals surface area (Å²) < 4.78 is 15.3. The van der Waals surface area contributed by atoms with Crippen LogP contribution in [0.15, 0.2) is 30.3 Å². The van der Waals surface area contributed by atoms with Crippen molar-refractivity contribution in [3.63, 3.8) is 0 Å². The lowest BCUT2D eigenvalue weighted by atomic mass is 10.2. The van der Waals surface area contributed by atoms with Crippen molar-refractivity contribution in [3.05, 3.63) is 35.9 Å². The molecule has 1 aromatic rings. The van der Waals surface area contributed by atoms with Gasteiger partial charge in [0.2, 0.25) is 0 Å². The van der Waals surface area contributed by atoms with Crippen LogP contribution in [0.5, 0.6) is 0 Å². The summed E-state index contributed by atoms with van der Waals surface area (Å²) in [6.45, 7) is 5.92. The monoisotopic (exact) mass is 494 g/mol. The number of carbonyl (C=O) groups excluding carboxylic acids is 3. The van der Waals surface area contributed by atoms with Crippen LogP contribution in [0.4, 0.5) is 9.59 Å². The fourth-order valence-corrected chi connectivity index (χ4v) is 3.16. The topological polar surface area (TPSA) is 118 Å². The molecular weight excluding hydrogens is 460 g/mol. The van der Waals surface area contributed by atoms with Gasteiger partial charge in [-0.1, -0.05) is 30.3 Å². The van der Waals surface area contributed by atoms with E-state index in [1.54, 1.807) is 25.7 Å². The summed E-state index contributed by atoms with van der Waals surface area (Å²) >= 11 is 5.50. The molecule has 0 aliphatic heterocycles. The average molecular weight is 495 g/mol. The molecule has 0 bridgehead atoms. The lowest BCUT2D eigenvalue weighted by molar-refractivity contribution is -0.143. The highest BCUT2D eigenvalue weighted by molar-refractivity contribution is 7.80. The van der Waals surface area contributed by atoms with Gasteiger partial charge < -0.3 is 35.1 Å². The Morgan fingerprint density at radius 2 is 1.82 bits per heavy atom. The smallest absolute Gasteiger partial charge is 0.408 e. The Bertz CT molecular complexity index is 842. The Balaban J connectivity index is 1.96. The molecule has 34 heavy (non-hydrogen) atoms. The molecule has 1 fully saturated rings. The quantitative estimate of drug-likeness (QED) is 0.256. The molecule has 10 nitrogen and oxygen atoms in total. The molecule has 1 aliphatic carbocycles. The van der Waals surface area contributed by atoms with E-state index in [1.807, 2.05) is 30.3 Å². The largest absolute Gasteiger partial charge is 0.467 e. The van der Waals surface area contributed by atoms with E-state index in [4.69, 9.17) is 26.4 Å². The van der Waals surface area contributed by atoms with Gasteiger partial charge in [0.25, 0.3) is 0 Å². The lowest BCUT2D eigenvalue weighted by Crippen LogP contribution is -2.54. The van der Waals surface area contributed by atoms with Gasteiger partial charge >= 0.3 is 18.2 Å². The van der Waals surface area contributed by atoms with Crippen molar-refractivity contribution in [2.45, 2.75) is 57.9 Å². The molecule has 0 aromatic heterocycles. The first-order valence-corrected chi connectivity index (χ1v) is 11.6. The summed E-state index contributed by atoms with van der Waals surface area (Å²) in [5.41, 5.74) is 0.198.